The Labute approximate surface area is 310 Å². The van der Waals surface area contributed by atoms with Gasteiger partial charge in [-0.15, -0.1) is 0 Å². The molecule has 0 radical (unpaired) electrons. The van der Waals surface area contributed by atoms with Gasteiger partial charge in [0.15, 0.2) is 17.5 Å². The van der Waals surface area contributed by atoms with Crippen molar-refractivity contribution in [2.45, 2.75) is 12.8 Å². The Morgan fingerprint density at radius 2 is 1.60 bits per heavy atom. The summed E-state index contributed by atoms with van der Waals surface area (Å²) in [5.41, 5.74) is 6.48. The third-order valence-electron chi connectivity index (χ3n) is 9.77. The Morgan fingerprint density at radius 3 is 2.25 bits per heavy atom. The zero-order valence-corrected chi connectivity index (χ0v) is 30.4. The number of hydrogen-bond donors (Lipinski definition) is 3. The minimum atomic E-state index is -1.14. The summed E-state index contributed by atoms with van der Waals surface area (Å²) < 4.78 is 33.0. The molecular weight excluding hydrogens is 708 g/mol. The van der Waals surface area contributed by atoms with Crippen LogP contribution in [0.5, 0.6) is 0 Å². The molecule has 4 amide bonds. The molecule has 16 heteroatoms. The highest BCUT2D eigenvalue weighted by Crippen LogP contribution is 2.32. The molecule has 2 fully saturated rings. The van der Waals surface area contributed by atoms with E-state index in [4.69, 9.17) is 17.3 Å². The number of carbonyl (C=O) groups excluding carboxylic acids is 4. The topological polar surface area (TPSA) is 156 Å². The van der Waals surface area contributed by atoms with Crippen LogP contribution < -0.4 is 16.4 Å². The molecule has 2 aliphatic rings. The molecule has 2 aliphatic heterocycles. The lowest BCUT2D eigenvalue weighted by Gasteiger charge is -2.36. The van der Waals surface area contributed by atoms with Crippen LogP contribution in [-0.4, -0.2) is 112 Å². The van der Waals surface area contributed by atoms with Crippen molar-refractivity contribution >= 4 is 46.6 Å². The number of imidazole rings is 1. The molecule has 2 aromatic carbocycles. The van der Waals surface area contributed by atoms with Crippen molar-refractivity contribution in [1.29, 1.82) is 0 Å². The standard InChI is InChI=1S/C37H40ClF2N9O4/c1-46-30(27-8-7-26(32(39)33(27)40)29-9-5-24(19-43-29)42-12-10-31(41)50)20-44-34(46)35(51)45-23-4-6-25(28(38)18-23)37(53)48-15-13-47(14-16-48)36(52)22-11-17-49(2,3)21-22/h4-9,18-20,22H,10-17,21H2,1-3H3,(H3-,41,42,45,50,51,53)/p+1. The number of amides is 4. The molecule has 2 saturated heterocycles. The molecule has 0 bridgehead atoms. The summed E-state index contributed by atoms with van der Waals surface area (Å²) in [6, 6.07) is 10.5. The van der Waals surface area contributed by atoms with Gasteiger partial charge in [-0.1, -0.05) is 11.6 Å². The molecule has 4 aromatic rings. The number of rotatable bonds is 10. The summed E-state index contributed by atoms with van der Waals surface area (Å²) >= 11 is 6.52. The van der Waals surface area contributed by atoms with Crippen molar-refractivity contribution in [3.63, 3.8) is 0 Å². The minimum Gasteiger partial charge on any atom is -0.383 e. The number of piperazine rings is 1. The molecule has 53 heavy (non-hydrogen) atoms. The highest BCUT2D eigenvalue weighted by molar-refractivity contribution is 6.34. The number of pyridine rings is 1. The van der Waals surface area contributed by atoms with Gasteiger partial charge >= 0.3 is 0 Å². The van der Waals surface area contributed by atoms with Crippen LogP contribution in [0.25, 0.3) is 22.5 Å². The minimum absolute atomic E-state index is 0.0112. The Morgan fingerprint density at radius 1 is 0.925 bits per heavy atom. The van der Waals surface area contributed by atoms with E-state index >= 15 is 8.78 Å². The lowest BCUT2D eigenvalue weighted by molar-refractivity contribution is -0.878. The zero-order chi connectivity index (χ0) is 38.0. The van der Waals surface area contributed by atoms with Crippen molar-refractivity contribution in [1.82, 2.24) is 24.3 Å². The maximum Gasteiger partial charge on any atom is 0.291 e. The Balaban J connectivity index is 1.08. The van der Waals surface area contributed by atoms with Crippen molar-refractivity contribution in [2.75, 3.05) is 70.5 Å². The third-order valence-corrected chi connectivity index (χ3v) is 10.1. The highest BCUT2D eigenvalue weighted by Gasteiger charge is 2.38. The number of nitrogens with two attached hydrogens (primary N) is 1. The van der Waals surface area contributed by atoms with Crippen LogP contribution in [-0.2, 0) is 16.6 Å². The zero-order valence-electron chi connectivity index (χ0n) is 29.7. The fourth-order valence-corrected chi connectivity index (χ4v) is 7.06. The van der Waals surface area contributed by atoms with Crippen LogP contribution in [0.1, 0.15) is 33.8 Å². The molecule has 6 rings (SSSR count). The number of hydrogen-bond acceptors (Lipinski definition) is 7. The van der Waals surface area contributed by atoms with Gasteiger partial charge in [-0.2, -0.15) is 0 Å². The maximum absolute atomic E-state index is 15.5. The maximum atomic E-state index is 15.5. The first-order valence-corrected chi connectivity index (χ1v) is 17.6. The predicted octanol–water partition coefficient (Wildman–Crippen LogP) is 4.00. The monoisotopic (exact) mass is 748 g/mol. The average Bonchev–Trinajstić information content (AvgIpc) is 3.70. The van der Waals surface area contributed by atoms with E-state index in [1.54, 1.807) is 17.0 Å². The second-order valence-electron chi connectivity index (χ2n) is 14.0. The second kappa shape index (κ2) is 15.3. The number of nitrogens with zero attached hydrogens (tertiary/aromatic N) is 6. The summed E-state index contributed by atoms with van der Waals surface area (Å²) in [6.07, 6.45) is 3.71. The van der Waals surface area contributed by atoms with E-state index in [2.05, 4.69) is 34.7 Å². The van der Waals surface area contributed by atoms with E-state index in [9.17, 15) is 19.2 Å². The van der Waals surface area contributed by atoms with Crippen LogP contribution in [0.2, 0.25) is 5.02 Å². The molecule has 278 valence electrons. The Hall–Kier alpha value is -5.41. The number of quaternary nitrogens is 1. The van der Waals surface area contributed by atoms with Crippen LogP contribution in [0, 0.1) is 17.6 Å². The first kappa shape index (κ1) is 37.4. The lowest BCUT2D eigenvalue weighted by atomic mass is 10.0. The number of primary amides is 1. The SMILES string of the molecule is Cn1c(-c2ccc(-c3ccc(NCCC(N)=O)cn3)c(F)c2F)cnc1C(=O)Nc1ccc(C(=O)N2CCN(C(=O)C3CC[N+](C)(C)C3)CC2)c(Cl)c1. The van der Waals surface area contributed by atoms with E-state index in [-0.39, 0.29) is 63.1 Å². The number of aromatic nitrogens is 3. The van der Waals surface area contributed by atoms with Crippen molar-refractivity contribution in [3.05, 3.63) is 82.9 Å². The van der Waals surface area contributed by atoms with Gasteiger partial charge in [-0.25, -0.2) is 13.8 Å². The normalized spacial score (nSPS) is 16.8. The molecular formula is C37H41ClF2N9O4+. The second-order valence-corrected chi connectivity index (χ2v) is 14.4. The largest absolute Gasteiger partial charge is 0.383 e. The van der Waals surface area contributed by atoms with E-state index in [0.717, 1.165) is 24.0 Å². The van der Waals surface area contributed by atoms with Gasteiger partial charge in [0, 0.05) is 69.4 Å². The first-order chi connectivity index (χ1) is 25.2. The number of nitrogens with one attached hydrogen (secondary N) is 2. The molecule has 13 nitrogen and oxygen atoms in total. The van der Waals surface area contributed by atoms with Gasteiger partial charge in [-0.3, -0.25) is 24.2 Å². The fourth-order valence-electron chi connectivity index (χ4n) is 6.80. The summed E-state index contributed by atoms with van der Waals surface area (Å²) in [5, 5.41) is 5.81. The number of carbonyl (C=O) groups is 4. The quantitative estimate of drug-likeness (QED) is 0.207. The van der Waals surface area contributed by atoms with Gasteiger partial charge in [0.25, 0.3) is 11.8 Å². The summed E-state index contributed by atoms with van der Waals surface area (Å²) in [4.78, 5) is 62.5. The molecule has 1 unspecified atom stereocenters. The molecule has 0 spiro atoms. The van der Waals surface area contributed by atoms with Gasteiger partial charge in [0.1, 0.15) is 0 Å². The molecule has 4 heterocycles. The smallest absolute Gasteiger partial charge is 0.291 e. The van der Waals surface area contributed by atoms with E-state index < -0.39 is 23.4 Å². The number of likely N-dealkylation sites (tertiary alicyclic amines) is 1. The van der Waals surface area contributed by atoms with E-state index in [0.29, 0.717) is 44.1 Å². The molecule has 2 aromatic heterocycles. The molecule has 0 saturated carbocycles. The Bertz CT molecular complexity index is 2060. The van der Waals surface area contributed by atoms with Crippen molar-refractivity contribution in [2.24, 2.45) is 18.7 Å². The number of anilines is 2. The third kappa shape index (κ3) is 8.15. The highest BCUT2D eigenvalue weighted by atomic mass is 35.5. The average molecular weight is 749 g/mol. The van der Waals surface area contributed by atoms with Crippen molar-refractivity contribution in [3.8, 4) is 22.5 Å². The van der Waals surface area contributed by atoms with Crippen LogP contribution >= 0.6 is 11.6 Å². The van der Waals surface area contributed by atoms with Gasteiger partial charge in [0.05, 0.1) is 73.2 Å². The molecule has 1 atom stereocenters. The first-order valence-electron chi connectivity index (χ1n) is 17.2. The lowest BCUT2D eigenvalue weighted by Crippen LogP contribution is -2.52. The predicted molar refractivity (Wildman–Crippen MR) is 196 cm³/mol. The van der Waals surface area contributed by atoms with Crippen LogP contribution in [0.3, 0.4) is 0 Å². The van der Waals surface area contributed by atoms with Crippen molar-refractivity contribution < 1.29 is 32.4 Å². The van der Waals surface area contributed by atoms with Gasteiger partial charge in [-0.05, 0) is 42.5 Å². The fraction of sp³-hybridized carbons (Fsp3) is 0.351. The Kier molecular flexibility index (Phi) is 10.8. The molecule has 0 aliphatic carbocycles. The molecule has 4 N–H and O–H groups in total. The van der Waals surface area contributed by atoms with Crippen LogP contribution in [0.15, 0.2) is 54.9 Å². The van der Waals surface area contributed by atoms with Gasteiger partial charge in [0.2, 0.25) is 11.8 Å². The number of benzene rings is 2. The summed E-state index contributed by atoms with van der Waals surface area (Å²) in [7, 11) is 5.76. The van der Waals surface area contributed by atoms with E-state index in [1.165, 1.54) is 54.3 Å². The summed E-state index contributed by atoms with van der Waals surface area (Å²) in [6.45, 7) is 3.79. The van der Waals surface area contributed by atoms with Crippen LogP contribution in [0.4, 0.5) is 20.2 Å². The van der Waals surface area contributed by atoms with Gasteiger partial charge < -0.3 is 35.2 Å². The number of halogens is 3. The summed E-state index contributed by atoms with van der Waals surface area (Å²) in [5.74, 6) is -3.53. The van der Waals surface area contributed by atoms with E-state index in [1.807, 2.05) is 4.90 Å².